The van der Waals surface area contributed by atoms with Crippen molar-refractivity contribution >= 4 is 47.0 Å². The van der Waals surface area contributed by atoms with Gasteiger partial charge in [-0.15, -0.1) is 0 Å². The van der Waals surface area contributed by atoms with E-state index in [1.165, 1.54) is 11.1 Å². The molecule has 2 aliphatic heterocycles. The number of benzene rings is 2. The van der Waals surface area contributed by atoms with Gasteiger partial charge in [0, 0.05) is 56.7 Å². The highest BCUT2D eigenvalue weighted by Gasteiger charge is 2.48. The van der Waals surface area contributed by atoms with Gasteiger partial charge in [0.1, 0.15) is 29.7 Å². The number of carbonyl (C=O) groups excluding carboxylic acids is 8. The maximum atomic E-state index is 14.6. The van der Waals surface area contributed by atoms with Gasteiger partial charge >= 0.3 is 0 Å². The largest absolute Gasteiger partial charge is 0.351 e. The number of likely N-dealkylation sites (N-methyl/N-ethyl adjacent to an activating group) is 1. The van der Waals surface area contributed by atoms with Crippen molar-refractivity contribution in [1.82, 2.24) is 36.4 Å². The molecule has 2 aliphatic carbocycles. The van der Waals surface area contributed by atoms with Crippen LogP contribution in [0.3, 0.4) is 0 Å². The van der Waals surface area contributed by atoms with Gasteiger partial charge in [0.2, 0.25) is 35.4 Å². The second-order valence-corrected chi connectivity index (χ2v) is 25.1. The summed E-state index contributed by atoms with van der Waals surface area (Å²) in [5.74, 6) is -2.31. The van der Waals surface area contributed by atoms with Gasteiger partial charge < -0.3 is 36.4 Å². The first kappa shape index (κ1) is 60.8. The van der Waals surface area contributed by atoms with Gasteiger partial charge in [0.15, 0.2) is 0 Å². The fourth-order valence-corrected chi connectivity index (χ4v) is 12.0. The van der Waals surface area contributed by atoms with E-state index in [4.69, 9.17) is 0 Å². The van der Waals surface area contributed by atoms with E-state index in [9.17, 15) is 38.4 Å². The molecule has 424 valence electrons. The molecule has 6 amide bonds. The number of hydrogen-bond donors (Lipinski definition) is 5. The Balaban J connectivity index is 1.00. The molecule has 2 aromatic carbocycles. The standard InChI is InChI=1S/C62H93N7O8/c1-11-39(2)53(71)36-48(61(4,5)6)59(76)68-37-41(34-51(68)57(74)65-49-30-21-25-42-23-17-19-28-46(42)49)33-45(70)27-15-13-12-14-16-32-54(72)64-44-35-52(58(75)66-50-31-22-26-43-24-18-20-29-47(43)50)69(38-44)60(77)55(62(7,8)9)67-56(73)40(3)63-10/h17-20,23-24,28-29,39-41,44,48-52,55,63H,11-16,21-22,25-27,30-38H2,1-10H3,(H,64,72)(H,65,74)(H,66,75)(H,67,73)/t39-,40+,41+,44+,48-,49-,50-,51+,52+,55-/m1/s1. The third-order valence-electron chi connectivity index (χ3n) is 17.1. The number of ketones is 2. The Morgan fingerprint density at radius 2 is 1.18 bits per heavy atom. The summed E-state index contributed by atoms with van der Waals surface area (Å²) < 4.78 is 0. The number of aryl methyl sites for hydroxylation is 2. The molecule has 15 nitrogen and oxygen atoms in total. The normalized spacial score (nSPS) is 22.9. The minimum absolute atomic E-state index is 0.0482. The smallest absolute Gasteiger partial charge is 0.246 e. The van der Waals surface area contributed by atoms with Crippen LogP contribution in [0.15, 0.2) is 48.5 Å². The third-order valence-corrected chi connectivity index (χ3v) is 17.1. The van der Waals surface area contributed by atoms with Crippen LogP contribution < -0.4 is 26.6 Å². The molecule has 77 heavy (non-hydrogen) atoms. The van der Waals surface area contributed by atoms with Crippen LogP contribution >= 0.6 is 0 Å². The van der Waals surface area contributed by atoms with Gasteiger partial charge in [-0.3, -0.25) is 38.4 Å². The van der Waals surface area contributed by atoms with E-state index < -0.39 is 47.0 Å². The SMILES string of the molecule is CC[C@@H](C)C(=O)C[C@H](C(=O)N1C[C@@H](CC(=O)CCCCCCCC(=O)N[C@H]2C[C@@H](C(=O)N[C@@H]3CCCc4ccccc43)N(C(=O)[C@@H](NC(=O)[C@H](C)NC)C(C)(C)C)C2)C[C@H]1C(=O)N[C@@H]1CCCc2ccccc21)C(C)(C)C. The highest BCUT2D eigenvalue weighted by atomic mass is 16.2. The maximum absolute atomic E-state index is 14.6. The lowest BCUT2D eigenvalue weighted by molar-refractivity contribution is -0.146. The zero-order valence-corrected chi connectivity index (χ0v) is 48.2. The first-order valence-electron chi connectivity index (χ1n) is 29.2. The van der Waals surface area contributed by atoms with Crippen molar-refractivity contribution in [2.75, 3.05) is 20.1 Å². The predicted molar refractivity (Wildman–Crippen MR) is 300 cm³/mol. The molecular formula is C62H93N7O8. The van der Waals surface area contributed by atoms with Gasteiger partial charge in [0.05, 0.1) is 18.1 Å². The summed E-state index contributed by atoms with van der Waals surface area (Å²) >= 11 is 0. The molecule has 5 N–H and O–H groups in total. The summed E-state index contributed by atoms with van der Waals surface area (Å²) in [6.45, 7) is 17.6. The Hall–Kier alpha value is -5.44. The number of fused-ring (bicyclic) bond motifs is 2. The van der Waals surface area contributed by atoms with Gasteiger partial charge in [0.25, 0.3) is 0 Å². The molecule has 0 aromatic heterocycles. The molecule has 4 aliphatic rings. The highest BCUT2D eigenvalue weighted by molar-refractivity contribution is 5.95. The number of nitrogens with zero attached hydrogens (tertiary/aromatic N) is 2. The molecule has 10 atom stereocenters. The van der Waals surface area contributed by atoms with E-state index in [0.717, 1.165) is 68.9 Å². The molecule has 2 aromatic rings. The Bertz CT molecular complexity index is 2250. The summed E-state index contributed by atoms with van der Waals surface area (Å²) in [7, 11) is 1.68. The van der Waals surface area contributed by atoms with Crippen molar-refractivity contribution in [3.63, 3.8) is 0 Å². The summed E-state index contributed by atoms with van der Waals surface area (Å²) in [5.41, 5.74) is 3.44. The average molecular weight is 1060 g/mol. The van der Waals surface area contributed by atoms with E-state index in [0.29, 0.717) is 38.6 Å². The fourth-order valence-electron chi connectivity index (χ4n) is 12.0. The van der Waals surface area contributed by atoms with Crippen molar-refractivity contribution in [1.29, 1.82) is 0 Å². The highest BCUT2D eigenvalue weighted by Crippen LogP contribution is 2.38. The lowest BCUT2D eigenvalue weighted by Crippen LogP contribution is -2.59. The van der Waals surface area contributed by atoms with Gasteiger partial charge in [-0.25, -0.2) is 0 Å². The quantitative estimate of drug-likeness (QED) is 0.0643. The summed E-state index contributed by atoms with van der Waals surface area (Å²) in [6, 6.07) is 12.5. The number of rotatable bonds is 24. The van der Waals surface area contributed by atoms with Crippen molar-refractivity contribution in [2.45, 2.75) is 220 Å². The van der Waals surface area contributed by atoms with Gasteiger partial charge in [-0.1, -0.05) is 123 Å². The average Bonchev–Trinajstić information content (AvgIpc) is 4.05. The van der Waals surface area contributed by atoms with Crippen LogP contribution in [0, 0.1) is 28.6 Å². The van der Waals surface area contributed by atoms with Crippen LogP contribution in [0.2, 0.25) is 0 Å². The van der Waals surface area contributed by atoms with Crippen LogP contribution in [-0.2, 0) is 51.2 Å². The monoisotopic (exact) mass is 1060 g/mol. The van der Waals surface area contributed by atoms with E-state index >= 15 is 0 Å². The summed E-state index contributed by atoms with van der Waals surface area (Å²) in [6.07, 6.45) is 11.6. The second-order valence-electron chi connectivity index (χ2n) is 25.1. The number of unbranched alkanes of at least 4 members (excludes halogenated alkanes) is 4. The molecule has 2 fully saturated rings. The van der Waals surface area contributed by atoms with Crippen LogP contribution in [-0.4, -0.2) is 107 Å². The van der Waals surface area contributed by atoms with Crippen molar-refractivity contribution in [3.8, 4) is 0 Å². The van der Waals surface area contributed by atoms with E-state index in [1.54, 1.807) is 23.8 Å². The molecule has 0 bridgehead atoms. The Kier molecular flexibility index (Phi) is 21.7. The Labute approximate surface area is 459 Å². The van der Waals surface area contributed by atoms with Crippen molar-refractivity contribution < 1.29 is 38.4 Å². The number of amides is 6. The third kappa shape index (κ3) is 16.3. The fraction of sp³-hybridized carbons (Fsp3) is 0.677. The second kappa shape index (κ2) is 27.4. The van der Waals surface area contributed by atoms with Gasteiger partial charge in [-0.2, -0.15) is 0 Å². The predicted octanol–water partition coefficient (Wildman–Crippen LogP) is 8.17. The molecule has 2 saturated heterocycles. The van der Waals surface area contributed by atoms with Gasteiger partial charge in [-0.05, 0) is 124 Å². The number of Topliss-reactive ketones (excluding diaryl/α,β-unsaturated/α-hetero) is 2. The first-order valence-corrected chi connectivity index (χ1v) is 29.2. The molecule has 2 heterocycles. The minimum Gasteiger partial charge on any atom is -0.351 e. The molecule has 0 saturated carbocycles. The van der Waals surface area contributed by atoms with Crippen molar-refractivity contribution in [3.05, 3.63) is 70.8 Å². The zero-order chi connectivity index (χ0) is 56.2. The molecule has 15 heteroatoms. The molecular weight excluding hydrogens is 971 g/mol. The lowest BCUT2D eigenvalue weighted by atomic mass is 9.75. The topological polar surface area (TPSA) is 203 Å². The number of likely N-dealkylation sites (tertiary alicyclic amines) is 2. The van der Waals surface area contributed by atoms with E-state index in [2.05, 4.69) is 44.8 Å². The minimum atomic E-state index is -0.911. The number of hydrogen-bond acceptors (Lipinski definition) is 9. The van der Waals surface area contributed by atoms with Crippen LogP contribution in [0.5, 0.6) is 0 Å². The molecule has 6 rings (SSSR count). The lowest BCUT2D eigenvalue weighted by Gasteiger charge is -2.36. The van der Waals surface area contributed by atoms with Crippen molar-refractivity contribution in [2.24, 2.45) is 28.6 Å². The van der Waals surface area contributed by atoms with Crippen LogP contribution in [0.25, 0.3) is 0 Å². The summed E-state index contributed by atoms with van der Waals surface area (Å²) in [4.78, 5) is 114. The molecule has 0 unspecified atom stereocenters. The van der Waals surface area contributed by atoms with Crippen LogP contribution in [0.4, 0.5) is 0 Å². The summed E-state index contributed by atoms with van der Waals surface area (Å²) in [5, 5.41) is 15.5. The Morgan fingerprint density at radius 3 is 1.73 bits per heavy atom. The number of nitrogens with one attached hydrogen (secondary N) is 5. The first-order chi connectivity index (χ1) is 36.5. The maximum Gasteiger partial charge on any atom is 0.246 e. The molecule has 0 spiro atoms. The Morgan fingerprint density at radius 1 is 0.649 bits per heavy atom. The zero-order valence-electron chi connectivity index (χ0n) is 48.2. The van der Waals surface area contributed by atoms with E-state index in [-0.39, 0.29) is 103 Å². The molecule has 0 radical (unpaired) electrons. The van der Waals surface area contributed by atoms with E-state index in [1.807, 2.05) is 85.7 Å². The van der Waals surface area contributed by atoms with Crippen LogP contribution in [0.1, 0.15) is 199 Å². The number of carbonyl (C=O) groups is 8.